The lowest BCUT2D eigenvalue weighted by atomic mass is 10.1. The van der Waals surface area contributed by atoms with Crippen molar-refractivity contribution in [2.45, 2.75) is 13.5 Å². The van der Waals surface area contributed by atoms with Crippen LogP contribution in [0.15, 0.2) is 29.4 Å². The predicted molar refractivity (Wildman–Crippen MR) is 93.7 cm³/mol. The van der Waals surface area contributed by atoms with Crippen LogP contribution in [0.3, 0.4) is 0 Å². The number of hydrogen-bond donors (Lipinski definition) is 1. The third-order valence-electron chi connectivity index (χ3n) is 3.19. The van der Waals surface area contributed by atoms with Crippen molar-refractivity contribution < 1.29 is 9.66 Å². The molecule has 0 amide bonds. The van der Waals surface area contributed by atoms with Crippen LogP contribution in [0.1, 0.15) is 22.4 Å². The molecule has 2 rings (SSSR count). The number of halogens is 1. The number of nitro groups is 1. The fourth-order valence-electron chi connectivity index (χ4n) is 2.13. The molecule has 0 saturated carbocycles. The standard InChI is InChI=1S/C16H14ClN5O3/c1-10-5-12(9-25-2)13(7-18)16(20-10)21-19-8-11-3-4-14(17)15(6-11)22(23)24/h3-6,8H,9H2,1-2H3,(H,20,21). The summed E-state index contributed by atoms with van der Waals surface area (Å²) in [4.78, 5) is 14.6. The maximum absolute atomic E-state index is 10.9. The zero-order valence-corrected chi connectivity index (χ0v) is 14.2. The van der Waals surface area contributed by atoms with Crippen LogP contribution in [-0.4, -0.2) is 23.2 Å². The maximum atomic E-state index is 10.9. The molecular weight excluding hydrogens is 346 g/mol. The van der Waals surface area contributed by atoms with Gasteiger partial charge in [-0.05, 0) is 19.1 Å². The van der Waals surface area contributed by atoms with E-state index < -0.39 is 4.92 Å². The number of pyridine rings is 1. The van der Waals surface area contributed by atoms with Crippen molar-refractivity contribution in [3.8, 4) is 6.07 Å². The van der Waals surface area contributed by atoms with Crippen molar-refractivity contribution in [3.63, 3.8) is 0 Å². The smallest absolute Gasteiger partial charge is 0.288 e. The summed E-state index contributed by atoms with van der Waals surface area (Å²) in [5, 5.41) is 24.3. The Bertz CT molecular complexity index is 877. The molecule has 0 aliphatic carbocycles. The summed E-state index contributed by atoms with van der Waals surface area (Å²) >= 11 is 5.77. The van der Waals surface area contributed by atoms with Gasteiger partial charge in [0.15, 0.2) is 5.82 Å². The number of hydrazone groups is 1. The first-order valence-corrected chi connectivity index (χ1v) is 7.46. The molecule has 9 heteroatoms. The lowest BCUT2D eigenvalue weighted by Crippen LogP contribution is -2.03. The van der Waals surface area contributed by atoms with Gasteiger partial charge in [-0.3, -0.25) is 15.5 Å². The normalized spacial score (nSPS) is 10.6. The van der Waals surface area contributed by atoms with E-state index >= 15 is 0 Å². The molecule has 25 heavy (non-hydrogen) atoms. The van der Waals surface area contributed by atoms with Crippen molar-refractivity contribution in [3.05, 3.63) is 61.8 Å². The minimum absolute atomic E-state index is 0.0476. The van der Waals surface area contributed by atoms with E-state index in [1.165, 1.54) is 25.5 Å². The van der Waals surface area contributed by atoms with E-state index in [1.54, 1.807) is 19.1 Å². The number of anilines is 1. The van der Waals surface area contributed by atoms with Gasteiger partial charge in [-0.2, -0.15) is 10.4 Å². The monoisotopic (exact) mass is 359 g/mol. The molecule has 0 bridgehead atoms. The number of methoxy groups -OCH3 is 1. The highest BCUT2D eigenvalue weighted by atomic mass is 35.5. The van der Waals surface area contributed by atoms with E-state index in [1.807, 2.05) is 0 Å². The number of aromatic nitrogens is 1. The first kappa shape index (κ1) is 18.3. The summed E-state index contributed by atoms with van der Waals surface area (Å²) in [6.45, 7) is 2.06. The average molecular weight is 360 g/mol. The van der Waals surface area contributed by atoms with Crippen molar-refractivity contribution in [2.75, 3.05) is 12.5 Å². The van der Waals surface area contributed by atoms with Crippen molar-refractivity contribution >= 4 is 29.3 Å². The first-order chi connectivity index (χ1) is 12.0. The van der Waals surface area contributed by atoms with Crippen LogP contribution in [0.5, 0.6) is 0 Å². The predicted octanol–water partition coefficient (Wildman–Crippen LogP) is 3.42. The van der Waals surface area contributed by atoms with Crippen LogP contribution in [0.4, 0.5) is 11.5 Å². The molecule has 1 aromatic carbocycles. The Morgan fingerprint density at radius 2 is 2.28 bits per heavy atom. The van der Waals surface area contributed by atoms with E-state index in [0.717, 1.165) is 0 Å². The van der Waals surface area contributed by atoms with Gasteiger partial charge in [-0.15, -0.1) is 0 Å². The number of nitrogens with zero attached hydrogens (tertiary/aromatic N) is 4. The number of aryl methyl sites for hydroxylation is 1. The molecule has 0 spiro atoms. The maximum Gasteiger partial charge on any atom is 0.288 e. The molecule has 8 nitrogen and oxygen atoms in total. The summed E-state index contributed by atoms with van der Waals surface area (Å²) < 4.78 is 5.08. The number of rotatable bonds is 6. The molecule has 1 N–H and O–H groups in total. The van der Waals surface area contributed by atoms with Gasteiger partial charge in [-0.1, -0.05) is 17.7 Å². The van der Waals surface area contributed by atoms with E-state index in [-0.39, 0.29) is 23.1 Å². The molecule has 0 aliphatic rings. The Kier molecular flexibility index (Phi) is 6.00. The summed E-state index contributed by atoms with van der Waals surface area (Å²) in [7, 11) is 1.54. The van der Waals surface area contributed by atoms with Gasteiger partial charge in [0.2, 0.25) is 0 Å². The Hall–Kier alpha value is -3.02. The molecule has 128 valence electrons. The molecule has 0 saturated heterocycles. The van der Waals surface area contributed by atoms with Crippen LogP contribution in [0.25, 0.3) is 0 Å². The quantitative estimate of drug-likeness (QED) is 0.480. The summed E-state index contributed by atoms with van der Waals surface area (Å²) in [5.74, 6) is 0.286. The topological polar surface area (TPSA) is 113 Å². The number of hydrogen-bond acceptors (Lipinski definition) is 7. The Morgan fingerprint density at radius 1 is 1.52 bits per heavy atom. The third-order valence-corrected chi connectivity index (χ3v) is 3.51. The number of nitro benzene ring substituents is 1. The zero-order valence-electron chi connectivity index (χ0n) is 13.5. The molecular formula is C16H14ClN5O3. The van der Waals surface area contributed by atoms with Crippen molar-refractivity contribution in [2.24, 2.45) is 5.10 Å². The van der Waals surface area contributed by atoms with E-state index in [4.69, 9.17) is 16.3 Å². The lowest BCUT2D eigenvalue weighted by Gasteiger charge is -2.09. The molecule has 0 radical (unpaired) electrons. The number of benzene rings is 1. The van der Waals surface area contributed by atoms with E-state index in [2.05, 4.69) is 21.6 Å². The van der Waals surface area contributed by atoms with Crippen molar-refractivity contribution in [1.82, 2.24) is 4.98 Å². The molecule has 0 fully saturated rings. The van der Waals surface area contributed by atoms with Crippen LogP contribution in [-0.2, 0) is 11.3 Å². The van der Waals surface area contributed by atoms with Gasteiger partial charge in [-0.25, -0.2) is 4.98 Å². The average Bonchev–Trinajstić information content (AvgIpc) is 2.56. The van der Waals surface area contributed by atoms with Crippen LogP contribution >= 0.6 is 11.6 Å². The largest absolute Gasteiger partial charge is 0.380 e. The second-order valence-electron chi connectivity index (χ2n) is 5.03. The molecule has 1 heterocycles. The van der Waals surface area contributed by atoms with Crippen molar-refractivity contribution in [1.29, 1.82) is 5.26 Å². The Labute approximate surface area is 148 Å². The summed E-state index contributed by atoms with van der Waals surface area (Å²) in [6.07, 6.45) is 1.38. The van der Waals surface area contributed by atoms with Crippen LogP contribution < -0.4 is 5.43 Å². The fraction of sp³-hybridized carbons (Fsp3) is 0.188. The molecule has 0 atom stereocenters. The number of ether oxygens (including phenoxy) is 1. The van der Waals surface area contributed by atoms with Gasteiger partial charge in [0, 0.05) is 30.0 Å². The fourth-order valence-corrected chi connectivity index (χ4v) is 2.32. The third kappa shape index (κ3) is 4.50. The highest BCUT2D eigenvalue weighted by Crippen LogP contribution is 2.24. The van der Waals surface area contributed by atoms with Crippen LogP contribution in [0, 0.1) is 28.4 Å². The molecule has 0 aliphatic heterocycles. The lowest BCUT2D eigenvalue weighted by molar-refractivity contribution is -0.384. The van der Waals surface area contributed by atoms with Gasteiger partial charge in [0.05, 0.1) is 17.7 Å². The molecule has 1 aromatic heterocycles. The second kappa shape index (κ2) is 8.19. The Balaban J connectivity index is 2.27. The minimum atomic E-state index is -0.569. The minimum Gasteiger partial charge on any atom is -0.380 e. The summed E-state index contributed by atoms with van der Waals surface area (Å²) in [6, 6.07) is 8.15. The van der Waals surface area contributed by atoms with Gasteiger partial charge in [0.25, 0.3) is 5.69 Å². The molecule has 0 unspecified atom stereocenters. The van der Waals surface area contributed by atoms with Gasteiger partial charge >= 0.3 is 0 Å². The summed E-state index contributed by atoms with van der Waals surface area (Å²) in [5.41, 5.74) is 4.68. The van der Waals surface area contributed by atoms with Gasteiger partial charge in [0.1, 0.15) is 16.7 Å². The highest BCUT2D eigenvalue weighted by Gasteiger charge is 2.13. The SMILES string of the molecule is COCc1cc(C)nc(NN=Cc2ccc(Cl)c([N+](=O)[O-])c2)c1C#N. The Morgan fingerprint density at radius 3 is 2.92 bits per heavy atom. The van der Waals surface area contributed by atoms with Crippen LogP contribution in [0.2, 0.25) is 5.02 Å². The van der Waals surface area contributed by atoms with Gasteiger partial charge < -0.3 is 4.74 Å². The molecule has 2 aromatic rings. The number of nitrogens with one attached hydrogen (secondary N) is 1. The van der Waals surface area contributed by atoms with E-state index in [0.29, 0.717) is 22.4 Å². The zero-order chi connectivity index (χ0) is 18.4. The number of nitriles is 1. The second-order valence-corrected chi connectivity index (χ2v) is 5.44. The highest BCUT2D eigenvalue weighted by molar-refractivity contribution is 6.32. The van der Waals surface area contributed by atoms with E-state index in [9.17, 15) is 15.4 Å². The first-order valence-electron chi connectivity index (χ1n) is 7.08.